The molecule has 1 fully saturated rings. The van der Waals surface area contributed by atoms with E-state index in [9.17, 15) is 4.79 Å². The molecule has 1 saturated carbocycles. The van der Waals surface area contributed by atoms with E-state index >= 15 is 0 Å². The van der Waals surface area contributed by atoms with Crippen molar-refractivity contribution in [2.24, 2.45) is 0 Å². The number of rotatable bonds is 4. The Kier molecular flexibility index (Phi) is 3.52. The van der Waals surface area contributed by atoms with Crippen molar-refractivity contribution in [2.45, 2.75) is 38.8 Å². The van der Waals surface area contributed by atoms with Gasteiger partial charge in [-0.1, -0.05) is 0 Å². The second-order valence-electron chi connectivity index (χ2n) is 3.74. The normalized spacial score (nSPS) is 16.3. The SMILES string of the molecule is CC(C)NC(=O)/C(C#N)=C\NC1CC1. The van der Waals surface area contributed by atoms with Crippen LogP contribution in [-0.4, -0.2) is 18.0 Å². The largest absolute Gasteiger partial charge is 0.387 e. The Morgan fingerprint density at radius 1 is 1.57 bits per heavy atom. The van der Waals surface area contributed by atoms with E-state index < -0.39 is 0 Å². The Bertz CT molecular complexity index is 284. The fraction of sp³-hybridized carbons (Fsp3) is 0.600. The molecule has 1 amide bonds. The lowest BCUT2D eigenvalue weighted by atomic mass is 10.2. The van der Waals surface area contributed by atoms with Crippen molar-refractivity contribution in [3.63, 3.8) is 0 Å². The highest BCUT2D eigenvalue weighted by Crippen LogP contribution is 2.18. The molecular weight excluding hydrogens is 178 g/mol. The van der Waals surface area contributed by atoms with E-state index in [0.29, 0.717) is 6.04 Å². The molecule has 0 saturated heterocycles. The Balaban J connectivity index is 2.47. The first-order valence-corrected chi connectivity index (χ1v) is 4.80. The van der Waals surface area contributed by atoms with Crippen LogP contribution >= 0.6 is 0 Å². The molecule has 76 valence electrons. The first-order chi connectivity index (χ1) is 6.63. The van der Waals surface area contributed by atoms with Crippen LogP contribution < -0.4 is 10.6 Å². The summed E-state index contributed by atoms with van der Waals surface area (Å²) in [5.41, 5.74) is 0.144. The van der Waals surface area contributed by atoms with Gasteiger partial charge in [-0.3, -0.25) is 4.79 Å². The van der Waals surface area contributed by atoms with Crippen molar-refractivity contribution in [1.82, 2.24) is 10.6 Å². The molecule has 14 heavy (non-hydrogen) atoms. The van der Waals surface area contributed by atoms with Crippen molar-refractivity contribution in [2.75, 3.05) is 0 Å². The Morgan fingerprint density at radius 2 is 2.21 bits per heavy atom. The van der Waals surface area contributed by atoms with Crippen molar-refractivity contribution in [3.05, 3.63) is 11.8 Å². The zero-order valence-corrected chi connectivity index (χ0v) is 8.50. The quantitative estimate of drug-likeness (QED) is 0.509. The number of hydrogen-bond acceptors (Lipinski definition) is 3. The minimum Gasteiger partial charge on any atom is -0.387 e. The number of nitrogens with one attached hydrogen (secondary N) is 2. The van der Waals surface area contributed by atoms with E-state index in [1.807, 2.05) is 19.9 Å². The predicted octanol–water partition coefficient (Wildman–Crippen LogP) is 0.670. The number of carbonyl (C=O) groups is 1. The summed E-state index contributed by atoms with van der Waals surface area (Å²) >= 11 is 0. The highest BCUT2D eigenvalue weighted by atomic mass is 16.1. The van der Waals surface area contributed by atoms with Gasteiger partial charge >= 0.3 is 0 Å². The molecule has 2 N–H and O–H groups in total. The average Bonchev–Trinajstić information content (AvgIpc) is 2.87. The number of nitrogens with zero attached hydrogens (tertiary/aromatic N) is 1. The van der Waals surface area contributed by atoms with E-state index in [2.05, 4.69) is 10.6 Å². The van der Waals surface area contributed by atoms with Gasteiger partial charge in [0.1, 0.15) is 11.6 Å². The molecule has 0 heterocycles. The minimum atomic E-state index is -0.310. The summed E-state index contributed by atoms with van der Waals surface area (Å²) in [4.78, 5) is 11.4. The second-order valence-corrected chi connectivity index (χ2v) is 3.74. The molecule has 0 unspecified atom stereocenters. The molecular formula is C10H15N3O. The highest BCUT2D eigenvalue weighted by molar-refractivity contribution is 5.97. The smallest absolute Gasteiger partial charge is 0.263 e. The molecule has 0 atom stereocenters. The van der Waals surface area contributed by atoms with Crippen LogP contribution in [0.4, 0.5) is 0 Å². The lowest BCUT2D eigenvalue weighted by Crippen LogP contribution is -2.31. The lowest BCUT2D eigenvalue weighted by Gasteiger charge is -2.06. The molecule has 1 aliphatic rings. The third-order valence-electron chi connectivity index (χ3n) is 1.83. The predicted molar refractivity (Wildman–Crippen MR) is 53.1 cm³/mol. The number of nitriles is 1. The van der Waals surface area contributed by atoms with Crippen molar-refractivity contribution in [1.29, 1.82) is 5.26 Å². The maximum atomic E-state index is 11.4. The molecule has 0 bridgehead atoms. The second kappa shape index (κ2) is 4.66. The first-order valence-electron chi connectivity index (χ1n) is 4.80. The third-order valence-corrected chi connectivity index (χ3v) is 1.83. The number of hydrogen-bond donors (Lipinski definition) is 2. The number of amides is 1. The summed E-state index contributed by atoms with van der Waals surface area (Å²) in [6, 6.07) is 2.40. The van der Waals surface area contributed by atoms with Crippen LogP contribution in [0.3, 0.4) is 0 Å². The van der Waals surface area contributed by atoms with Crippen LogP contribution in [0.5, 0.6) is 0 Å². The summed E-state index contributed by atoms with van der Waals surface area (Å²) in [7, 11) is 0. The van der Waals surface area contributed by atoms with Crippen LogP contribution in [0.1, 0.15) is 26.7 Å². The lowest BCUT2D eigenvalue weighted by molar-refractivity contribution is -0.117. The van der Waals surface area contributed by atoms with Crippen LogP contribution in [0.2, 0.25) is 0 Å². The monoisotopic (exact) mass is 193 g/mol. The van der Waals surface area contributed by atoms with Crippen molar-refractivity contribution < 1.29 is 4.79 Å². The van der Waals surface area contributed by atoms with E-state index in [-0.39, 0.29) is 17.5 Å². The van der Waals surface area contributed by atoms with Gasteiger partial charge in [0.15, 0.2) is 0 Å². The van der Waals surface area contributed by atoms with Gasteiger partial charge < -0.3 is 10.6 Å². The Labute approximate surface area is 84.0 Å². The van der Waals surface area contributed by atoms with Crippen molar-refractivity contribution >= 4 is 5.91 Å². The first kappa shape index (κ1) is 10.6. The maximum Gasteiger partial charge on any atom is 0.263 e. The van der Waals surface area contributed by atoms with Gasteiger partial charge in [0.05, 0.1) is 0 Å². The number of carbonyl (C=O) groups excluding carboxylic acids is 1. The van der Waals surface area contributed by atoms with Crippen molar-refractivity contribution in [3.8, 4) is 6.07 Å². The molecule has 0 radical (unpaired) electrons. The van der Waals surface area contributed by atoms with E-state index in [1.165, 1.54) is 6.20 Å². The summed E-state index contributed by atoms with van der Waals surface area (Å²) < 4.78 is 0. The van der Waals surface area contributed by atoms with Gasteiger partial charge in [-0.25, -0.2) is 0 Å². The third kappa shape index (κ3) is 3.48. The zero-order chi connectivity index (χ0) is 10.6. The summed E-state index contributed by atoms with van der Waals surface area (Å²) in [6.07, 6.45) is 3.76. The standard InChI is InChI=1S/C10H15N3O/c1-7(2)13-10(14)8(5-11)6-12-9-3-4-9/h6-7,9,12H,3-4H2,1-2H3,(H,13,14)/b8-6-. The van der Waals surface area contributed by atoms with Gasteiger partial charge in [0.25, 0.3) is 5.91 Å². The van der Waals surface area contributed by atoms with Gasteiger partial charge in [0.2, 0.25) is 0 Å². The average molecular weight is 193 g/mol. The molecule has 1 rings (SSSR count). The van der Waals surface area contributed by atoms with Gasteiger partial charge in [0, 0.05) is 18.3 Å². The van der Waals surface area contributed by atoms with E-state index in [4.69, 9.17) is 5.26 Å². The van der Waals surface area contributed by atoms with Crippen LogP contribution in [0.15, 0.2) is 11.8 Å². The summed E-state index contributed by atoms with van der Waals surface area (Å²) in [5, 5.41) is 14.4. The molecule has 0 aromatic carbocycles. The molecule has 4 nitrogen and oxygen atoms in total. The molecule has 0 spiro atoms. The highest BCUT2D eigenvalue weighted by Gasteiger charge is 2.20. The molecule has 0 aliphatic heterocycles. The van der Waals surface area contributed by atoms with Crippen LogP contribution in [0.25, 0.3) is 0 Å². The molecule has 4 heteroatoms. The topological polar surface area (TPSA) is 64.9 Å². The van der Waals surface area contributed by atoms with Crippen LogP contribution in [0, 0.1) is 11.3 Å². The van der Waals surface area contributed by atoms with E-state index in [1.54, 1.807) is 0 Å². The fourth-order valence-corrected chi connectivity index (χ4v) is 0.940. The summed E-state index contributed by atoms with van der Waals surface area (Å²) in [5.74, 6) is -0.310. The maximum absolute atomic E-state index is 11.4. The van der Waals surface area contributed by atoms with Crippen LogP contribution in [-0.2, 0) is 4.79 Å². The molecule has 1 aliphatic carbocycles. The minimum absolute atomic E-state index is 0.0557. The van der Waals surface area contributed by atoms with Gasteiger partial charge in [-0.2, -0.15) is 5.26 Å². The summed E-state index contributed by atoms with van der Waals surface area (Å²) in [6.45, 7) is 3.72. The Morgan fingerprint density at radius 3 is 2.64 bits per heavy atom. The fourth-order valence-electron chi connectivity index (χ4n) is 0.940. The molecule has 0 aromatic heterocycles. The Hall–Kier alpha value is -1.50. The van der Waals surface area contributed by atoms with Gasteiger partial charge in [-0.15, -0.1) is 0 Å². The van der Waals surface area contributed by atoms with E-state index in [0.717, 1.165) is 12.8 Å². The van der Waals surface area contributed by atoms with Gasteiger partial charge in [-0.05, 0) is 26.7 Å². The zero-order valence-electron chi connectivity index (χ0n) is 8.50. The molecule has 0 aromatic rings.